The lowest BCUT2D eigenvalue weighted by atomic mass is 10.0. The minimum Gasteiger partial charge on any atom is -0.396 e. The SMILES string of the molecule is CC(C)(CCO)NCc1cccs1. The highest BCUT2D eigenvalue weighted by Gasteiger charge is 2.15. The van der Waals surface area contributed by atoms with Crippen LogP contribution < -0.4 is 5.32 Å². The summed E-state index contributed by atoms with van der Waals surface area (Å²) >= 11 is 1.76. The fraction of sp³-hybridized carbons (Fsp3) is 0.600. The summed E-state index contributed by atoms with van der Waals surface area (Å²) < 4.78 is 0. The molecule has 0 aromatic carbocycles. The maximum atomic E-state index is 8.82. The number of hydrogen-bond donors (Lipinski definition) is 2. The van der Waals surface area contributed by atoms with Crippen LogP contribution in [0.5, 0.6) is 0 Å². The molecule has 0 atom stereocenters. The molecular weight excluding hydrogens is 182 g/mol. The quantitative estimate of drug-likeness (QED) is 0.760. The fourth-order valence-electron chi connectivity index (χ4n) is 1.11. The molecule has 0 spiro atoms. The van der Waals surface area contributed by atoms with Gasteiger partial charge in [-0.25, -0.2) is 0 Å². The van der Waals surface area contributed by atoms with E-state index in [2.05, 4.69) is 36.7 Å². The molecule has 0 aliphatic rings. The summed E-state index contributed by atoms with van der Waals surface area (Å²) in [5.41, 5.74) is 0.0265. The van der Waals surface area contributed by atoms with E-state index in [1.807, 2.05) is 0 Å². The molecule has 2 nitrogen and oxygen atoms in total. The van der Waals surface area contributed by atoms with E-state index < -0.39 is 0 Å². The highest BCUT2D eigenvalue weighted by Crippen LogP contribution is 2.12. The second kappa shape index (κ2) is 4.74. The Bertz CT molecular complexity index is 231. The van der Waals surface area contributed by atoms with Crippen LogP contribution in [0.1, 0.15) is 25.1 Å². The third-order valence-electron chi connectivity index (χ3n) is 2.06. The molecule has 0 aliphatic heterocycles. The highest BCUT2D eigenvalue weighted by atomic mass is 32.1. The monoisotopic (exact) mass is 199 g/mol. The van der Waals surface area contributed by atoms with Gasteiger partial charge in [-0.05, 0) is 31.7 Å². The van der Waals surface area contributed by atoms with Crippen molar-refractivity contribution in [2.75, 3.05) is 6.61 Å². The first-order chi connectivity index (χ1) is 6.14. The van der Waals surface area contributed by atoms with Crippen LogP contribution in [0.25, 0.3) is 0 Å². The first-order valence-electron chi connectivity index (χ1n) is 4.52. The summed E-state index contributed by atoms with van der Waals surface area (Å²) in [6, 6.07) is 4.17. The van der Waals surface area contributed by atoms with Gasteiger partial charge in [-0.3, -0.25) is 0 Å². The van der Waals surface area contributed by atoms with E-state index in [9.17, 15) is 0 Å². The first-order valence-corrected chi connectivity index (χ1v) is 5.40. The van der Waals surface area contributed by atoms with Crippen molar-refractivity contribution >= 4 is 11.3 Å². The Kier molecular flexibility index (Phi) is 3.90. The highest BCUT2D eigenvalue weighted by molar-refractivity contribution is 7.09. The minimum atomic E-state index is 0.0265. The van der Waals surface area contributed by atoms with E-state index in [1.54, 1.807) is 11.3 Å². The van der Waals surface area contributed by atoms with Crippen LogP contribution in [-0.4, -0.2) is 17.3 Å². The van der Waals surface area contributed by atoms with Gasteiger partial charge in [0, 0.05) is 23.6 Å². The average molecular weight is 199 g/mol. The lowest BCUT2D eigenvalue weighted by molar-refractivity contribution is 0.230. The normalized spacial score (nSPS) is 11.9. The third kappa shape index (κ3) is 3.89. The van der Waals surface area contributed by atoms with Gasteiger partial charge in [0.15, 0.2) is 0 Å². The molecule has 1 aromatic rings. The Labute approximate surface area is 83.6 Å². The van der Waals surface area contributed by atoms with E-state index in [0.717, 1.165) is 13.0 Å². The maximum absolute atomic E-state index is 8.82. The van der Waals surface area contributed by atoms with Crippen molar-refractivity contribution in [1.82, 2.24) is 5.32 Å². The molecule has 0 saturated heterocycles. The summed E-state index contributed by atoms with van der Waals surface area (Å²) in [5.74, 6) is 0. The van der Waals surface area contributed by atoms with Crippen molar-refractivity contribution in [1.29, 1.82) is 0 Å². The largest absolute Gasteiger partial charge is 0.396 e. The van der Waals surface area contributed by atoms with Crippen LogP contribution in [0, 0.1) is 0 Å². The first kappa shape index (κ1) is 10.7. The number of thiophene rings is 1. The molecule has 0 radical (unpaired) electrons. The van der Waals surface area contributed by atoms with Gasteiger partial charge >= 0.3 is 0 Å². The fourth-order valence-corrected chi connectivity index (χ4v) is 1.75. The second-order valence-corrected chi connectivity index (χ2v) is 4.82. The molecule has 74 valence electrons. The van der Waals surface area contributed by atoms with Crippen LogP contribution in [0.15, 0.2) is 17.5 Å². The van der Waals surface area contributed by atoms with E-state index in [4.69, 9.17) is 5.11 Å². The zero-order valence-corrected chi connectivity index (χ0v) is 9.03. The number of rotatable bonds is 5. The van der Waals surface area contributed by atoms with Gasteiger partial charge in [0.05, 0.1) is 0 Å². The molecular formula is C10H17NOS. The smallest absolute Gasteiger partial charge is 0.0448 e. The van der Waals surface area contributed by atoms with E-state index in [0.29, 0.717) is 0 Å². The zero-order chi connectivity index (χ0) is 9.73. The molecule has 1 heterocycles. The van der Waals surface area contributed by atoms with Gasteiger partial charge < -0.3 is 10.4 Å². The van der Waals surface area contributed by atoms with Crippen LogP contribution in [0.2, 0.25) is 0 Å². The number of nitrogens with one attached hydrogen (secondary N) is 1. The topological polar surface area (TPSA) is 32.3 Å². The van der Waals surface area contributed by atoms with Gasteiger partial charge in [-0.1, -0.05) is 6.07 Å². The summed E-state index contributed by atoms with van der Waals surface area (Å²) in [4.78, 5) is 1.34. The summed E-state index contributed by atoms with van der Waals surface area (Å²) in [5, 5.41) is 14.3. The Hall–Kier alpha value is -0.380. The third-order valence-corrected chi connectivity index (χ3v) is 2.93. The van der Waals surface area contributed by atoms with Crippen LogP contribution in [0.4, 0.5) is 0 Å². The van der Waals surface area contributed by atoms with E-state index in [1.165, 1.54) is 4.88 Å². The minimum absolute atomic E-state index is 0.0265. The Balaban J connectivity index is 2.33. The summed E-state index contributed by atoms with van der Waals surface area (Å²) in [6.07, 6.45) is 0.790. The van der Waals surface area contributed by atoms with Crippen molar-refractivity contribution in [2.24, 2.45) is 0 Å². The van der Waals surface area contributed by atoms with E-state index in [-0.39, 0.29) is 12.1 Å². The summed E-state index contributed by atoms with van der Waals surface area (Å²) in [7, 11) is 0. The van der Waals surface area contributed by atoms with Gasteiger partial charge in [-0.2, -0.15) is 0 Å². The second-order valence-electron chi connectivity index (χ2n) is 3.79. The van der Waals surface area contributed by atoms with Crippen molar-refractivity contribution in [3.8, 4) is 0 Å². The molecule has 0 fully saturated rings. The predicted octanol–water partition coefficient (Wildman–Crippen LogP) is 2.00. The average Bonchev–Trinajstić information content (AvgIpc) is 2.52. The molecule has 0 bridgehead atoms. The lowest BCUT2D eigenvalue weighted by Crippen LogP contribution is -2.39. The van der Waals surface area contributed by atoms with Gasteiger partial charge in [0.25, 0.3) is 0 Å². The summed E-state index contributed by atoms with van der Waals surface area (Å²) in [6.45, 7) is 5.35. The van der Waals surface area contributed by atoms with Crippen molar-refractivity contribution in [3.63, 3.8) is 0 Å². The number of hydrogen-bond acceptors (Lipinski definition) is 3. The predicted molar refractivity (Wildman–Crippen MR) is 56.9 cm³/mol. The van der Waals surface area contributed by atoms with Crippen molar-refractivity contribution < 1.29 is 5.11 Å². The molecule has 0 saturated carbocycles. The van der Waals surface area contributed by atoms with Crippen LogP contribution in [-0.2, 0) is 6.54 Å². The molecule has 0 aliphatic carbocycles. The molecule has 3 heteroatoms. The lowest BCUT2D eigenvalue weighted by Gasteiger charge is -2.25. The van der Waals surface area contributed by atoms with Crippen molar-refractivity contribution in [3.05, 3.63) is 22.4 Å². The molecule has 1 aromatic heterocycles. The van der Waals surface area contributed by atoms with Gasteiger partial charge in [0.1, 0.15) is 0 Å². The van der Waals surface area contributed by atoms with Gasteiger partial charge in [0.2, 0.25) is 0 Å². The molecule has 0 unspecified atom stereocenters. The van der Waals surface area contributed by atoms with E-state index >= 15 is 0 Å². The molecule has 13 heavy (non-hydrogen) atoms. The molecule has 0 amide bonds. The Morgan fingerprint density at radius 1 is 1.54 bits per heavy atom. The van der Waals surface area contributed by atoms with Crippen LogP contribution >= 0.6 is 11.3 Å². The number of aliphatic hydroxyl groups excluding tert-OH is 1. The standard InChI is InChI=1S/C10H17NOS/c1-10(2,5-6-12)11-8-9-4-3-7-13-9/h3-4,7,11-12H,5-6,8H2,1-2H3. The Morgan fingerprint density at radius 3 is 2.85 bits per heavy atom. The van der Waals surface area contributed by atoms with Crippen LogP contribution in [0.3, 0.4) is 0 Å². The molecule has 2 N–H and O–H groups in total. The molecule has 1 rings (SSSR count). The zero-order valence-electron chi connectivity index (χ0n) is 8.21. The van der Waals surface area contributed by atoms with Gasteiger partial charge in [-0.15, -0.1) is 11.3 Å². The Morgan fingerprint density at radius 2 is 2.31 bits per heavy atom. The maximum Gasteiger partial charge on any atom is 0.0448 e. The van der Waals surface area contributed by atoms with Crippen molar-refractivity contribution in [2.45, 2.75) is 32.4 Å². The number of aliphatic hydroxyl groups is 1.